The summed E-state index contributed by atoms with van der Waals surface area (Å²) in [4.78, 5) is 18.4. The Balaban J connectivity index is 1.67. The summed E-state index contributed by atoms with van der Waals surface area (Å²) >= 11 is 1.57. The van der Waals surface area contributed by atoms with Gasteiger partial charge in [-0.3, -0.25) is 4.79 Å². The number of carbonyl (C=O) groups excluding carboxylic acids is 1. The van der Waals surface area contributed by atoms with E-state index in [2.05, 4.69) is 4.98 Å². The largest absolute Gasteiger partial charge is 0.454 e. The summed E-state index contributed by atoms with van der Waals surface area (Å²) < 4.78 is 10.7. The highest BCUT2D eigenvalue weighted by Crippen LogP contribution is 2.32. The monoisotopic (exact) mass is 330 g/mol. The van der Waals surface area contributed by atoms with Crippen LogP contribution >= 0.6 is 11.3 Å². The normalized spacial score (nSPS) is 12.8. The number of hydrogen-bond donors (Lipinski definition) is 0. The first kappa shape index (κ1) is 15.6. The third-order valence-electron chi connectivity index (χ3n) is 3.54. The summed E-state index contributed by atoms with van der Waals surface area (Å²) in [5.41, 5.74) is 1.84. The Morgan fingerprint density at radius 2 is 2.22 bits per heavy atom. The number of benzene rings is 1. The average Bonchev–Trinajstić information content (AvgIpc) is 3.18. The van der Waals surface area contributed by atoms with Gasteiger partial charge in [-0.25, -0.2) is 4.98 Å². The second-order valence-electron chi connectivity index (χ2n) is 5.16. The number of aryl methyl sites for hydroxylation is 1. The van der Waals surface area contributed by atoms with Crippen LogP contribution in [-0.2, 0) is 11.3 Å². The van der Waals surface area contributed by atoms with E-state index >= 15 is 0 Å². The summed E-state index contributed by atoms with van der Waals surface area (Å²) in [7, 11) is 0. The topological polar surface area (TPSA) is 51.7 Å². The molecule has 0 radical (unpaired) electrons. The molecule has 0 spiro atoms. The van der Waals surface area contributed by atoms with Crippen molar-refractivity contribution in [3.63, 3.8) is 0 Å². The van der Waals surface area contributed by atoms with Crippen LogP contribution in [0.5, 0.6) is 11.5 Å². The predicted octanol–water partition coefficient (Wildman–Crippen LogP) is 3.24. The van der Waals surface area contributed by atoms with Gasteiger partial charge in [0.05, 0.1) is 10.7 Å². The molecule has 2 heterocycles. The van der Waals surface area contributed by atoms with Crippen LogP contribution in [0.3, 0.4) is 0 Å². The summed E-state index contributed by atoms with van der Waals surface area (Å²) in [5.74, 6) is 1.46. The Labute approximate surface area is 139 Å². The lowest BCUT2D eigenvalue weighted by atomic mass is 10.2. The van der Waals surface area contributed by atoms with Gasteiger partial charge in [-0.2, -0.15) is 0 Å². The van der Waals surface area contributed by atoms with Crippen LogP contribution in [0.1, 0.15) is 23.2 Å². The van der Waals surface area contributed by atoms with Gasteiger partial charge in [-0.15, -0.1) is 11.3 Å². The molecule has 1 aromatic heterocycles. The van der Waals surface area contributed by atoms with Crippen LogP contribution in [0.15, 0.2) is 29.7 Å². The number of fused-ring (bicyclic) bond motifs is 1. The third kappa shape index (κ3) is 3.71. The highest BCUT2D eigenvalue weighted by molar-refractivity contribution is 7.09. The Morgan fingerprint density at radius 3 is 2.96 bits per heavy atom. The fourth-order valence-electron chi connectivity index (χ4n) is 2.32. The molecule has 6 heteroatoms. The Morgan fingerprint density at radius 1 is 1.39 bits per heavy atom. The molecule has 0 aliphatic carbocycles. The average molecular weight is 330 g/mol. The van der Waals surface area contributed by atoms with Gasteiger partial charge < -0.3 is 14.4 Å². The molecule has 23 heavy (non-hydrogen) atoms. The highest BCUT2D eigenvalue weighted by atomic mass is 32.1. The first-order chi connectivity index (χ1) is 11.2. The van der Waals surface area contributed by atoms with E-state index in [1.54, 1.807) is 28.4 Å². The maximum absolute atomic E-state index is 12.4. The van der Waals surface area contributed by atoms with Gasteiger partial charge >= 0.3 is 0 Å². The molecule has 0 fully saturated rings. The van der Waals surface area contributed by atoms with E-state index in [9.17, 15) is 4.79 Å². The van der Waals surface area contributed by atoms with Crippen molar-refractivity contribution >= 4 is 23.3 Å². The van der Waals surface area contributed by atoms with E-state index in [-0.39, 0.29) is 12.7 Å². The van der Waals surface area contributed by atoms with Crippen molar-refractivity contribution in [3.8, 4) is 11.5 Å². The van der Waals surface area contributed by atoms with Crippen LogP contribution in [0.2, 0.25) is 0 Å². The molecule has 2 aromatic rings. The van der Waals surface area contributed by atoms with E-state index in [1.807, 2.05) is 37.4 Å². The smallest absolute Gasteiger partial charge is 0.246 e. The molecule has 0 unspecified atom stereocenters. The van der Waals surface area contributed by atoms with Gasteiger partial charge in [-0.05, 0) is 37.6 Å². The van der Waals surface area contributed by atoms with Crippen molar-refractivity contribution in [1.82, 2.24) is 9.88 Å². The third-order valence-corrected chi connectivity index (χ3v) is 4.33. The van der Waals surface area contributed by atoms with E-state index in [4.69, 9.17) is 9.47 Å². The van der Waals surface area contributed by atoms with Crippen LogP contribution < -0.4 is 9.47 Å². The summed E-state index contributed by atoms with van der Waals surface area (Å²) in [5, 5.41) is 2.93. The van der Waals surface area contributed by atoms with Gasteiger partial charge in [0.25, 0.3) is 0 Å². The van der Waals surface area contributed by atoms with Gasteiger partial charge in [-0.1, -0.05) is 6.07 Å². The lowest BCUT2D eigenvalue weighted by molar-refractivity contribution is -0.126. The summed E-state index contributed by atoms with van der Waals surface area (Å²) in [6, 6.07) is 5.76. The Hall–Kier alpha value is -2.34. The molecule has 0 bridgehead atoms. The number of nitrogens with zero attached hydrogens (tertiary/aromatic N) is 2. The van der Waals surface area contributed by atoms with Crippen molar-refractivity contribution in [3.05, 3.63) is 45.9 Å². The molecular weight excluding hydrogens is 312 g/mol. The molecule has 1 aliphatic rings. The number of hydrogen-bond acceptors (Lipinski definition) is 5. The molecule has 1 aromatic carbocycles. The minimum absolute atomic E-state index is 0.0316. The number of aromatic nitrogens is 1. The fourth-order valence-corrected chi connectivity index (χ4v) is 2.90. The molecule has 3 rings (SSSR count). The lowest BCUT2D eigenvalue weighted by Gasteiger charge is -2.19. The Kier molecular flexibility index (Phi) is 4.62. The molecule has 5 nitrogen and oxygen atoms in total. The van der Waals surface area contributed by atoms with Crippen molar-refractivity contribution < 1.29 is 14.3 Å². The number of thiazole rings is 1. The summed E-state index contributed by atoms with van der Waals surface area (Å²) in [6.45, 7) is 5.33. The molecular formula is C17H18N2O3S. The van der Waals surface area contributed by atoms with Gasteiger partial charge in [0.1, 0.15) is 0 Å². The quantitative estimate of drug-likeness (QED) is 0.790. The number of likely N-dealkylation sites (N-methyl/N-ethyl adjacent to an activating group) is 1. The number of carbonyl (C=O) groups is 1. The maximum atomic E-state index is 12.4. The molecule has 0 saturated carbocycles. The van der Waals surface area contributed by atoms with Gasteiger partial charge in [0, 0.05) is 24.5 Å². The predicted molar refractivity (Wildman–Crippen MR) is 89.5 cm³/mol. The van der Waals surface area contributed by atoms with Crippen molar-refractivity contribution in [1.29, 1.82) is 0 Å². The molecule has 120 valence electrons. The zero-order valence-electron chi connectivity index (χ0n) is 13.1. The molecule has 1 aliphatic heterocycles. The van der Waals surface area contributed by atoms with Crippen molar-refractivity contribution in [2.24, 2.45) is 0 Å². The molecule has 0 N–H and O–H groups in total. The zero-order valence-corrected chi connectivity index (χ0v) is 13.9. The van der Waals surface area contributed by atoms with E-state index in [0.717, 1.165) is 27.8 Å². The number of rotatable bonds is 5. The van der Waals surface area contributed by atoms with Crippen LogP contribution in [0.4, 0.5) is 0 Å². The Bertz CT molecular complexity index is 739. The van der Waals surface area contributed by atoms with E-state index in [0.29, 0.717) is 13.1 Å². The second kappa shape index (κ2) is 6.83. The second-order valence-corrected chi connectivity index (χ2v) is 6.23. The van der Waals surface area contributed by atoms with E-state index in [1.165, 1.54) is 0 Å². The first-order valence-corrected chi connectivity index (χ1v) is 8.31. The highest BCUT2D eigenvalue weighted by Gasteiger charge is 2.15. The van der Waals surface area contributed by atoms with E-state index < -0.39 is 0 Å². The molecule has 0 saturated heterocycles. The van der Waals surface area contributed by atoms with Gasteiger partial charge in [0.15, 0.2) is 11.5 Å². The maximum Gasteiger partial charge on any atom is 0.246 e. The van der Waals surface area contributed by atoms with Gasteiger partial charge in [0.2, 0.25) is 12.7 Å². The number of ether oxygens (including phenoxy) is 2. The molecule has 1 amide bonds. The standard InChI is InChI=1S/C17H18N2O3S/c1-3-19(17(20)7-5-14-10-23-12(2)18-14)9-13-4-6-15-16(8-13)22-11-21-15/h4-8,10H,3,9,11H2,1-2H3. The molecule has 0 atom stereocenters. The summed E-state index contributed by atoms with van der Waals surface area (Å²) in [6.07, 6.45) is 3.33. The zero-order chi connectivity index (χ0) is 16.2. The minimum Gasteiger partial charge on any atom is -0.454 e. The SMILES string of the molecule is CCN(Cc1ccc2c(c1)OCO2)C(=O)C=Cc1csc(C)n1. The van der Waals surface area contributed by atoms with Crippen LogP contribution in [0.25, 0.3) is 6.08 Å². The lowest BCUT2D eigenvalue weighted by Crippen LogP contribution is -2.28. The van der Waals surface area contributed by atoms with Crippen LogP contribution in [-0.4, -0.2) is 29.1 Å². The fraction of sp³-hybridized carbons (Fsp3) is 0.294. The first-order valence-electron chi connectivity index (χ1n) is 7.43. The minimum atomic E-state index is -0.0316. The van der Waals surface area contributed by atoms with Crippen LogP contribution in [0, 0.1) is 6.92 Å². The van der Waals surface area contributed by atoms with Crippen molar-refractivity contribution in [2.75, 3.05) is 13.3 Å². The van der Waals surface area contributed by atoms with Crippen molar-refractivity contribution in [2.45, 2.75) is 20.4 Å². The number of amides is 1.